The van der Waals surface area contributed by atoms with Crippen LogP contribution in [0.5, 0.6) is 0 Å². The van der Waals surface area contributed by atoms with Gasteiger partial charge in [-0.2, -0.15) is 13.2 Å². The van der Waals surface area contributed by atoms with Gasteiger partial charge < -0.3 is 15.1 Å². The van der Waals surface area contributed by atoms with E-state index in [0.717, 1.165) is 12.1 Å². The monoisotopic (exact) mass is 363 g/mol. The number of rotatable bonds is 4. The second kappa shape index (κ2) is 6.70. The van der Waals surface area contributed by atoms with E-state index in [-0.39, 0.29) is 5.91 Å². The van der Waals surface area contributed by atoms with Gasteiger partial charge in [-0.05, 0) is 49.4 Å². The summed E-state index contributed by atoms with van der Waals surface area (Å²) in [5.41, 5.74) is 1.52. The first-order chi connectivity index (χ1) is 12.2. The highest BCUT2D eigenvalue weighted by molar-refractivity contribution is 5.96. The number of fused-ring (bicyclic) bond motifs is 1. The van der Waals surface area contributed by atoms with Crippen molar-refractivity contribution in [2.24, 2.45) is 0 Å². The Balaban J connectivity index is 1.65. The summed E-state index contributed by atoms with van der Waals surface area (Å²) in [6.07, 6.45) is -4.41. The zero-order valence-corrected chi connectivity index (χ0v) is 14.0. The molecule has 2 aromatic carbocycles. The van der Waals surface area contributed by atoms with Crippen molar-refractivity contribution in [2.75, 3.05) is 10.6 Å². The molecule has 5 nitrogen and oxygen atoms in total. The minimum absolute atomic E-state index is 0.291. The van der Waals surface area contributed by atoms with Crippen LogP contribution in [0.4, 0.5) is 24.5 Å². The summed E-state index contributed by atoms with van der Waals surface area (Å²) < 4.78 is 43.1. The van der Waals surface area contributed by atoms with Crippen LogP contribution in [0.25, 0.3) is 11.1 Å². The van der Waals surface area contributed by atoms with Crippen molar-refractivity contribution < 1.29 is 22.4 Å². The van der Waals surface area contributed by atoms with E-state index >= 15 is 0 Å². The number of hydrogen-bond acceptors (Lipinski definition) is 4. The first kappa shape index (κ1) is 17.8. The molecule has 3 rings (SSSR count). The molecule has 0 saturated heterocycles. The average molecular weight is 363 g/mol. The number of carbonyl (C=O) groups is 1. The van der Waals surface area contributed by atoms with Crippen LogP contribution in [-0.4, -0.2) is 16.9 Å². The molecule has 2 N–H and O–H groups in total. The molecular formula is C18H16F3N3O2. The number of amides is 1. The van der Waals surface area contributed by atoms with Gasteiger partial charge in [0.15, 0.2) is 11.5 Å². The summed E-state index contributed by atoms with van der Waals surface area (Å²) in [7, 11) is 0. The number of aryl methyl sites for hydroxylation is 1. The number of nitrogens with zero attached hydrogens (tertiary/aromatic N) is 1. The molecule has 0 spiro atoms. The summed E-state index contributed by atoms with van der Waals surface area (Å²) in [6, 6.07) is 8.95. The van der Waals surface area contributed by atoms with Crippen molar-refractivity contribution >= 4 is 28.4 Å². The van der Waals surface area contributed by atoms with Gasteiger partial charge in [-0.3, -0.25) is 4.79 Å². The van der Waals surface area contributed by atoms with Crippen LogP contribution in [0.1, 0.15) is 18.4 Å². The fourth-order valence-corrected chi connectivity index (χ4v) is 2.44. The van der Waals surface area contributed by atoms with Crippen molar-refractivity contribution in [1.29, 1.82) is 0 Å². The minimum atomic E-state index is -4.41. The Morgan fingerprint density at radius 3 is 2.42 bits per heavy atom. The first-order valence-electron chi connectivity index (χ1n) is 7.84. The summed E-state index contributed by atoms with van der Waals surface area (Å²) in [5, 5.41) is 5.60. The molecule has 1 amide bonds. The summed E-state index contributed by atoms with van der Waals surface area (Å²) in [5.74, 6) is 0.173. The van der Waals surface area contributed by atoms with Gasteiger partial charge in [0.2, 0.25) is 5.91 Å². The molecular weight excluding hydrogens is 347 g/mol. The van der Waals surface area contributed by atoms with Crippen molar-refractivity contribution in [1.82, 2.24) is 4.98 Å². The summed E-state index contributed by atoms with van der Waals surface area (Å²) in [6.45, 7) is 3.39. The quantitative estimate of drug-likeness (QED) is 0.711. The fourth-order valence-electron chi connectivity index (χ4n) is 2.44. The number of benzene rings is 2. The first-order valence-corrected chi connectivity index (χ1v) is 7.84. The van der Waals surface area contributed by atoms with Gasteiger partial charge in [0.25, 0.3) is 0 Å². The van der Waals surface area contributed by atoms with E-state index in [1.54, 1.807) is 32.0 Å². The maximum Gasteiger partial charge on any atom is 0.416 e. The Labute approximate surface area is 147 Å². The lowest BCUT2D eigenvalue weighted by atomic mass is 10.2. The van der Waals surface area contributed by atoms with E-state index in [9.17, 15) is 18.0 Å². The van der Waals surface area contributed by atoms with E-state index < -0.39 is 17.8 Å². The maximum absolute atomic E-state index is 12.6. The molecule has 0 aliphatic carbocycles. The third-order valence-corrected chi connectivity index (χ3v) is 3.75. The van der Waals surface area contributed by atoms with Crippen LogP contribution in [0.15, 0.2) is 46.9 Å². The topological polar surface area (TPSA) is 67.2 Å². The highest BCUT2D eigenvalue weighted by atomic mass is 19.4. The van der Waals surface area contributed by atoms with Gasteiger partial charge in [0, 0.05) is 18.3 Å². The Hall–Kier alpha value is -3.03. The number of carbonyl (C=O) groups excluding carboxylic acids is 1. The number of hydrogen-bond donors (Lipinski definition) is 2. The second-order valence-corrected chi connectivity index (χ2v) is 5.85. The fraction of sp³-hybridized carbons (Fsp3) is 0.222. The Morgan fingerprint density at radius 2 is 1.77 bits per heavy atom. The predicted molar refractivity (Wildman–Crippen MR) is 91.9 cm³/mol. The number of alkyl halides is 3. The lowest BCUT2D eigenvalue weighted by molar-refractivity contribution is -0.137. The van der Waals surface area contributed by atoms with Crippen LogP contribution < -0.4 is 10.6 Å². The predicted octanol–water partition coefficient (Wildman–Crippen LogP) is 4.59. The molecule has 0 radical (unpaired) electrons. The number of oxazole rings is 1. The molecule has 1 heterocycles. The van der Waals surface area contributed by atoms with Gasteiger partial charge in [-0.25, -0.2) is 4.98 Å². The molecule has 136 valence electrons. The van der Waals surface area contributed by atoms with Crippen LogP contribution in [0, 0.1) is 6.92 Å². The molecule has 3 aromatic rings. The van der Waals surface area contributed by atoms with Gasteiger partial charge in [-0.1, -0.05) is 0 Å². The zero-order valence-electron chi connectivity index (χ0n) is 14.0. The van der Waals surface area contributed by atoms with Crippen molar-refractivity contribution in [3.8, 4) is 0 Å². The molecule has 8 heteroatoms. The van der Waals surface area contributed by atoms with Crippen LogP contribution >= 0.6 is 0 Å². The zero-order chi connectivity index (χ0) is 18.9. The lowest BCUT2D eigenvalue weighted by Crippen LogP contribution is -2.31. The van der Waals surface area contributed by atoms with Gasteiger partial charge in [0.05, 0.1) is 5.56 Å². The maximum atomic E-state index is 12.6. The van der Waals surface area contributed by atoms with Crippen LogP contribution in [-0.2, 0) is 11.0 Å². The van der Waals surface area contributed by atoms with E-state index in [0.29, 0.717) is 28.4 Å². The Kier molecular flexibility index (Phi) is 4.58. The molecule has 0 bridgehead atoms. The standard InChI is InChI=1S/C18H16F3N3O2/c1-10(22-14-7-8-16-15(9-14)23-11(2)26-16)17(25)24-13-5-3-12(4-6-13)18(19,20)21/h3-10,22H,1-2H3,(H,24,25). The van der Waals surface area contributed by atoms with Crippen LogP contribution in [0.2, 0.25) is 0 Å². The molecule has 26 heavy (non-hydrogen) atoms. The van der Waals surface area contributed by atoms with Crippen molar-refractivity contribution in [3.05, 3.63) is 53.9 Å². The molecule has 1 atom stereocenters. The number of aromatic nitrogens is 1. The molecule has 0 fully saturated rings. The van der Waals surface area contributed by atoms with Gasteiger partial charge in [0.1, 0.15) is 11.6 Å². The minimum Gasteiger partial charge on any atom is -0.441 e. The number of halogens is 3. The highest BCUT2D eigenvalue weighted by Crippen LogP contribution is 2.29. The van der Waals surface area contributed by atoms with Crippen molar-refractivity contribution in [3.63, 3.8) is 0 Å². The Morgan fingerprint density at radius 1 is 1.12 bits per heavy atom. The van der Waals surface area contributed by atoms with E-state index in [4.69, 9.17) is 4.42 Å². The van der Waals surface area contributed by atoms with Gasteiger partial charge in [-0.15, -0.1) is 0 Å². The lowest BCUT2D eigenvalue weighted by Gasteiger charge is -2.15. The molecule has 1 unspecified atom stereocenters. The SMILES string of the molecule is Cc1nc2cc(NC(C)C(=O)Nc3ccc(C(F)(F)F)cc3)ccc2o1. The van der Waals surface area contributed by atoms with E-state index in [1.807, 2.05) is 0 Å². The van der Waals surface area contributed by atoms with E-state index in [2.05, 4.69) is 15.6 Å². The average Bonchev–Trinajstić information content (AvgIpc) is 2.93. The van der Waals surface area contributed by atoms with Gasteiger partial charge >= 0.3 is 6.18 Å². The summed E-state index contributed by atoms with van der Waals surface area (Å²) in [4.78, 5) is 16.5. The normalized spacial score (nSPS) is 12.8. The smallest absolute Gasteiger partial charge is 0.416 e. The number of anilines is 2. The highest BCUT2D eigenvalue weighted by Gasteiger charge is 2.30. The molecule has 0 aliphatic heterocycles. The van der Waals surface area contributed by atoms with Crippen LogP contribution in [0.3, 0.4) is 0 Å². The van der Waals surface area contributed by atoms with Crippen molar-refractivity contribution in [2.45, 2.75) is 26.1 Å². The molecule has 0 saturated carbocycles. The third kappa shape index (κ3) is 3.96. The summed E-state index contributed by atoms with van der Waals surface area (Å²) >= 11 is 0. The van der Waals surface area contributed by atoms with E-state index in [1.165, 1.54) is 12.1 Å². The Bertz CT molecular complexity index is 933. The molecule has 0 aliphatic rings. The largest absolute Gasteiger partial charge is 0.441 e. The third-order valence-electron chi connectivity index (χ3n) is 3.75. The molecule has 1 aromatic heterocycles. The second-order valence-electron chi connectivity index (χ2n) is 5.85. The number of nitrogens with one attached hydrogen (secondary N) is 2.